The Kier molecular flexibility index (Phi) is 5.69. The van der Waals surface area contributed by atoms with Gasteiger partial charge in [0.15, 0.2) is 6.10 Å². The largest absolute Gasteiger partial charge is 0.481 e. The van der Waals surface area contributed by atoms with E-state index < -0.39 is 6.10 Å². The molecule has 2 rings (SSSR count). The van der Waals surface area contributed by atoms with E-state index in [4.69, 9.17) is 27.9 Å². The van der Waals surface area contributed by atoms with Crippen LogP contribution in [0.2, 0.25) is 10.0 Å². The van der Waals surface area contributed by atoms with Crippen molar-refractivity contribution in [2.24, 2.45) is 0 Å². The average Bonchev–Trinajstić information content (AvgIpc) is 2.51. The number of hydrogen-bond acceptors (Lipinski definition) is 2. The number of hydrogen-bond donors (Lipinski definition) is 1. The highest BCUT2D eigenvalue weighted by molar-refractivity contribution is 6.42. The van der Waals surface area contributed by atoms with Gasteiger partial charge in [-0.05, 0) is 43.2 Å². The van der Waals surface area contributed by atoms with Gasteiger partial charge in [0.1, 0.15) is 5.75 Å². The number of ether oxygens (including phenoxy) is 1. The molecule has 0 saturated heterocycles. The van der Waals surface area contributed by atoms with Crippen LogP contribution < -0.4 is 10.1 Å². The van der Waals surface area contributed by atoms with Crippen LogP contribution in [0.4, 0.5) is 5.69 Å². The maximum atomic E-state index is 12.1. The van der Waals surface area contributed by atoms with Crippen molar-refractivity contribution in [3.05, 3.63) is 58.1 Å². The van der Waals surface area contributed by atoms with E-state index in [-0.39, 0.29) is 5.91 Å². The second-order valence-corrected chi connectivity index (χ2v) is 5.69. The molecule has 3 nitrogen and oxygen atoms in total. The lowest BCUT2D eigenvalue weighted by atomic mass is 10.1. The van der Waals surface area contributed by atoms with Gasteiger partial charge >= 0.3 is 0 Å². The Morgan fingerprint density at radius 3 is 2.41 bits per heavy atom. The first kappa shape index (κ1) is 16.7. The fourth-order valence-corrected chi connectivity index (χ4v) is 2.16. The zero-order valence-electron chi connectivity index (χ0n) is 12.4. The first-order valence-corrected chi connectivity index (χ1v) is 7.76. The molecule has 0 radical (unpaired) electrons. The van der Waals surface area contributed by atoms with Crippen LogP contribution in [0.15, 0.2) is 42.5 Å². The van der Waals surface area contributed by atoms with Gasteiger partial charge in [-0.3, -0.25) is 4.79 Å². The summed E-state index contributed by atoms with van der Waals surface area (Å²) in [7, 11) is 0. The van der Waals surface area contributed by atoms with Crippen molar-refractivity contribution in [1.29, 1.82) is 0 Å². The molecule has 22 heavy (non-hydrogen) atoms. The van der Waals surface area contributed by atoms with E-state index in [2.05, 4.69) is 12.2 Å². The molecule has 0 fully saturated rings. The summed E-state index contributed by atoms with van der Waals surface area (Å²) in [6, 6.07) is 12.6. The SMILES string of the molecule is CCc1ccc(NC(=O)[C@H](C)Oc2ccc(Cl)c(Cl)c2)cc1. The molecule has 0 aliphatic carbocycles. The summed E-state index contributed by atoms with van der Waals surface area (Å²) in [6.07, 6.45) is 0.313. The molecule has 2 aromatic carbocycles. The molecular formula is C17H17Cl2NO2. The van der Waals surface area contributed by atoms with Crippen LogP contribution in [0.25, 0.3) is 0 Å². The second-order valence-electron chi connectivity index (χ2n) is 4.88. The number of nitrogens with one attached hydrogen (secondary N) is 1. The Morgan fingerprint density at radius 1 is 1.14 bits per heavy atom. The predicted molar refractivity (Wildman–Crippen MR) is 91.0 cm³/mol. The third-order valence-electron chi connectivity index (χ3n) is 3.20. The standard InChI is InChI=1S/C17H17Cl2NO2/c1-3-12-4-6-13(7-5-12)20-17(21)11(2)22-14-8-9-15(18)16(19)10-14/h4-11H,3H2,1-2H3,(H,20,21)/t11-/m0/s1. The van der Waals surface area contributed by atoms with Gasteiger partial charge in [0.05, 0.1) is 10.0 Å². The molecular weight excluding hydrogens is 321 g/mol. The molecule has 0 aliphatic heterocycles. The van der Waals surface area contributed by atoms with Gasteiger partial charge in [-0.1, -0.05) is 42.3 Å². The van der Waals surface area contributed by atoms with E-state index in [9.17, 15) is 4.79 Å². The van der Waals surface area contributed by atoms with Crippen molar-refractivity contribution in [2.45, 2.75) is 26.4 Å². The van der Waals surface area contributed by atoms with Crippen molar-refractivity contribution < 1.29 is 9.53 Å². The molecule has 1 amide bonds. The lowest BCUT2D eigenvalue weighted by Gasteiger charge is -2.15. The summed E-state index contributed by atoms with van der Waals surface area (Å²) < 4.78 is 5.57. The highest BCUT2D eigenvalue weighted by Gasteiger charge is 2.15. The molecule has 0 bridgehead atoms. The summed E-state index contributed by atoms with van der Waals surface area (Å²) in [5, 5.41) is 3.65. The molecule has 5 heteroatoms. The van der Waals surface area contributed by atoms with Crippen LogP contribution in [-0.2, 0) is 11.2 Å². The average molecular weight is 338 g/mol. The third-order valence-corrected chi connectivity index (χ3v) is 3.94. The lowest BCUT2D eigenvalue weighted by molar-refractivity contribution is -0.122. The molecule has 0 saturated carbocycles. The molecule has 0 unspecified atom stereocenters. The first-order chi connectivity index (χ1) is 10.5. The minimum absolute atomic E-state index is 0.227. The van der Waals surface area contributed by atoms with E-state index in [0.717, 1.165) is 12.1 Å². The van der Waals surface area contributed by atoms with E-state index >= 15 is 0 Å². The number of benzene rings is 2. The summed E-state index contributed by atoms with van der Waals surface area (Å²) in [5.41, 5.74) is 1.96. The number of carbonyl (C=O) groups excluding carboxylic acids is 1. The highest BCUT2D eigenvalue weighted by atomic mass is 35.5. The molecule has 2 aromatic rings. The summed E-state index contributed by atoms with van der Waals surface area (Å²) >= 11 is 11.8. The van der Waals surface area contributed by atoms with Gasteiger partial charge in [-0.2, -0.15) is 0 Å². The minimum Gasteiger partial charge on any atom is -0.481 e. The summed E-state index contributed by atoms with van der Waals surface area (Å²) in [6.45, 7) is 3.76. The van der Waals surface area contributed by atoms with E-state index in [0.29, 0.717) is 15.8 Å². The predicted octanol–water partition coefficient (Wildman–Crippen LogP) is 4.96. The van der Waals surface area contributed by atoms with Crippen molar-refractivity contribution in [3.8, 4) is 5.75 Å². The Morgan fingerprint density at radius 2 is 1.82 bits per heavy atom. The van der Waals surface area contributed by atoms with Crippen LogP contribution in [0.3, 0.4) is 0 Å². The normalized spacial score (nSPS) is 11.8. The minimum atomic E-state index is -0.650. The third kappa shape index (κ3) is 4.39. The number of halogens is 2. The molecule has 0 spiro atoms. The van der Waals surface area contributed by atoms with Crippen LogP contribution >= 0.6 is 23.2 Å². The molecule has 0 aliphatic rings. The summed E-state index contributed by atoms with van der Waals surface area (Å²) in [4.78, 5) is 12.1. The molecule has 0 heterocycles. The number of anilines is 1. The first-order valence-electron chi connectivity index (χ1n) is 7.01. The quantitative estimate of drug-likeness (QED) is 0.837. The number of rotatable bonds is 5. The van der Waals surface area contributed by atoms with Crippen molar-refractivity contribution in [3.63, 3.8) is 0 Å². The Hall–Kier alpha value is -1.71. The van der Waals surface area contributed by atoms with Crippen LogP contribution in [-0.4, -0.2) is 12.0 Å². The fourth-order valence-electron chi connectivity index (χ4n) is 1.88. The Balaban J connectivity index is 1.97. The van der Waals surface area contributed by atoms with Crippen molar-refractivity contribution in [1.82, 2.24) is 0 Å². The van der Waals surface area contributed by atoms with Gasteiger partial charge in [-0.25, -0.2) is 0 Å². The van der Waals surface area contributed by atoms with Crippen LogP contribution in [0, 0.1) is 0 Å². The van der Waals surface area contributed by atoms with Gasteiger partial charge in [0.2, 0.25) is 0 Å². The molecule has 0 aromatic heterocycles. The smallest absolute Gasteiger partial charge is 0.265 e. The van der Waals surface area contributed by atoms with Gasteiger partial charge in [0.25, 0.3) is 5.91 Å². The zero-order valence-corrected chi connectivity index (χ0v) is 13.9. The maximum Gasteiger partial charge on any atom is 0.265 e. The molecule has 116 valence electrons. The number of amides is 1. The van der Waals surface area contributed by atoms with Crippen LogP contribution in [0.5, 0.6) is 5.75 Å². The Labute approximate surface area is 140 Å². The second kappa shape index (κ2) is 7.52. The van der Waals surface area contributed by atoms with Gasteiger partial charge in [-0.15, -0.1) is 0 Å². The van der Waals surface area contributed by atoms with E-state index in [1.165, 1.54) is 5.56 Å². The lowest BCUT2D eigenvalue weighted by Crippen LogP contribution is -2.30. The monoisotopic (exact) mass is 337 g/mol. The molecule has 1 atom stereocenters. The highest BCUT2D eigenvalue weighted by Crippen LogP contribution is 2.27. The zero-order chi connectivity index (χ0) is 16.1. The number of aryl methyl sites for hydroxylation is 1. The maximum absolute atomic E-state index is 12.1. The van der Waals surface area contributed by atoms with E-state index in [1.807, 2.05) is 24.3 Å². The van der Waals surface area contributed by atoms with Crippen LogP contribution in [0.1, 0.15) is 19.4 Å². The fraction of sp³-hybridized carbons (Fsp3) is 0.235. The topological polar surface area (TPSA) is 38.3 Å². The molecule has 1 N–H and O–H groups in total. The van der Waals surface area contributed by atoms with Gasteiger partial charge in [0, 0.05) is 11.8 Å². The van der Waals surface area contributed by atoms with E-state index in [1.54, 1.807) is 25.1 Å². The Bertz CT molecular complexity index is 656. The van der Waals surface area contributed by atoms with Crippen molar-refractivity contribution in [2.75, 3.05) is 5.32 Å². The van der Waals surface area contributed by atoms with Gasteiger partial charge < -0.3 is 10.1 Å². The summed E-state index contributed by atoms with van der Waals surface area (Å²) in [5.74, 6) is 0.272. The van der Waals surface area contributed by atoms with Crippen molar-refractivity contribution >= 4 is 34.8 Å². The number of carbonyl (C=O) groups is 1.